The second-order valence-corrected chi connectivity index (χ2v) is 22.6. The fraction of sp³-hybridized carbons (Fsp3) is 0.467. The number of carbonyl (C=O) groups excluding carboxylic acids is 2. The summed E-state index contributed by atoms with van der Waals surface area (Å²) in [5, 5.41) is 41.4. The lowest BCUT2D eigenvalue weighted by Crippen LogP contribution is -2.83. The minimum Gasteiger partial charge on any atom is -0.486 e. The molecule has 1 saturated carbocycles. The van der Waals surface area contributed by atoms with E-state index in [2.05, 4.69) is 51.3 Å². The Morgan fingerprint density at radius 1 is 1.07 bits per heavy atom. The molecular weight excluding hydrogens is 1020 g/mol. The maximum Gasteiger partial charge on any atom is 0.292 e. The van der Waals surface area contributed by atoms with Crippen molar-refractivity contribution in [3.63, 3.8) is 0 Å². The molecule has 7 atom stereocenters. The molecule has 12 rings (SSSR count). The number of nitrogens with two attached hydrogens (primary N) is 1. The molecule has 5 aliphatic heterocycles. The third-order valence-corrected chi connectivity index (χ3v) is 17.1. The number of halogens is 1. The van der Waals surface area contributed by atoms with Crippen LogP contribution in [0, 0.1) is 30.5 Å². The first-order valence-corrected chi connectivity index (χ1v) is 28.4. The fourth-order valence-electron chi connectivity index (χ4n) is 12.7. The van der Waals surface area contributed by atoms with E-state index in [4.69, 9.17) is 25.0 Å². The zero-order valence-electron chi connectivity index (χ0n) is 45.5. The standard InChI is InChI=1S/C60H70FN13O6/c1-33(2)54(59(77)73-21-5-7-51(73)58(76)67-50(31-75)39-16-14-37(15-17-39)47-6-4-20-65-71-47)64-29-49(70-62)38-10-8-35(9-11-38)32-79-56-53(52-34(3)46(61)26-48-45(52)28-66-72-48)43(36-12-13-36)25-44-55(56)68-60(80-42-18-22-78-23-19-42)69-57(44)74-30-40-24-41(74)27-63-40/h4,6,8-11,14-17,20,26,28-29,33,36,40-42,44,50-51,54,60,63,68,75H,5,7,12-13,18-19,21-25,27,30-32,62H2,1-3H3,(H,66,72)(H,67,76)/p+1/b64-29?,70-49+/t40-,41-,44?,50-,51-,54-,60?/m0/s1. The van der Waals surface area contributed by atoms with Gasteiger partial charge in [-0.25, -0.2) is 14.4 Å². The summed E-state index contributed by atoms with van der Waals surface area (Å²) in [5.41, 5.74) is 9.31. The number of carbonyl (C=O) groups is 2. The number of benzene rings is 3. The highest BCUT2D eigenvalue weighted by Gasteiger charge is 2.49. The second kappa shape index (κ2) is 23.0. The number of H-pyrrole nitrogens is 1. The Morgan fingerprint density at radius 3 is 2.59 bits per heavy atom. The normalized spacial score (nSPS) is 24.2. The van der Waals surface area contributed by atoms with E-state index in [0.29, 0.717) is 84.4 Å². The van der Waals surface area contributed by atoms with Gasteiger partial charge in [-0.1, -0.05) is 68.0 Å². The summed E-state index contributed by atoms with van der Waals surface area (Å²) in [7, 11) is 0. The van der Waals surface area contributed by atoms with Crippen molar-refractivity contribution in [2.45, 2.75) is 121 Å². The molecular formula is C60H71FN13O6+. The summed E-state index contributed by atoms with van der Waals surface area (Å²) in [4.78, 5) is 41.2. The van der Waals surface area contributed by atoms with Crippen molar-refractivity contribution in [1.82, 2.24) is 46.1 Å². The van der Waals surface area contributed by atoms with Gasteiger partial charge in [-0.15, -0.1) is 0 Å². The van der Waals surface area contributed by atoms with Gasteiger partial charge >= 0.3 is 0 Å². The molecule has 2 unspecified atom stereocenters. The van der Waals surface area contributed by atoms with Crippen LogP contribution in [0.3, 0.4) is 0 Å². The second-order valence-electron chi connectivity index (χ2n) is 22.6. The summed E-state index contributed by atoms with van der Waals surface area (Å²) in [6.07, 6.45) is 11.0. The van der Waals surface area contributed by atoms with Crippen molar-refractivity contribution in [2.75, 3.05) is 39.5 Å². The van der Waals surface area contributed by atoms with E-state index in [9.17, 15) is 14.7 Å². The number of hydrogen-bond donors (Lipinski definition) is 7. The predicted octanol–water partition coefficient (Wildman–Crippen LogP) is 4.29. The van der Waals surface area contributed by atoms with Crippen LogP contribution < -0.4 is 26.8 Å². The van der Waals surface area contributed by atoms with Gasteiger partial charge < -0.3 is 50.9 Å². The molecule has 0 radical (unpaired) electrons. The molecule has 0 spiro atoms. The van der Waals surface area contributed by atoms with Crippen molar-refractivity contribution < 1.29 is 38.3 Å². The topological polar surface area (TPSA) is 244 Å². The number of hydrogen-bond acceptors (Lipinski definition) is 15. The average Bonchev–Trinajstić information content (AvgIpc) is 3.87. The van der Waals surface area contributed by atoms with E-state index in [0.717, 1.165) is 96.4 Å². The van der Waals surface area contributed by atoms with Gasteiger partial charge in [-0.05, 0) is 99.1 Å². The van der Waals surface area contributed by atoms with E-state index >= 15 is 4.39 Å². The number of nitrogens with one attached hydrogen (secondary N) is 5. The third kappa shape index (κ3) is 10.7. The molecule has 8 N–H and O–H groups in total. The number of aromatic amines is 1. The largest absolute Gasteiger partial charge is 0.486 e. The van der Waals surface area contributed by atoms with Gasteiger partial charge in [0.1, 0.15) is 30.1 Å². The molecule has 5 aromatic rings. The number of nitrogens with zero attached hydrogens (tertiary/aromatic N) is 7. The molecule has 2 aromatic heterocycles. The van der Waals surface area contributed by atoms with E-state index in [1.165, 1.54) is 11.6 Å². The van der Waals surface area contributed by atoms with E-state index < -0.39 is 24.5 Å². The van der Waals surface area contributed by atoms with Gasteiger partial charge in [0, 0.05) is 84.7 Å². The van der Waals surface area contributed by atoms with Crippen LogP contribution in [0.15, 0.2) is 106 Å². The molecule has 7 aliphatic rings. The summed E-state index contributed by atoms with van der Waals surface area (Å²) >= 11 is 0. The Bertz CT molecular complexity index is 3260. The molecule has 4 saturated heterocycles. The highest BCUT2D eigenvalue weighted by Crippen LogP contribution is 2.53. The Labute approximate surface area is 464 Å². The van der Waals surface area contributed by atoms with Crippen LogP contribution in [-0.4, -0.2) is 141 Å². The average molecular weight is 1090 g/mol. The SMILES string of the molecule is Cc1c(F)cc2[nH]ncc2c1C1=C(C2CC2)CC2C(N3C[C@@H]4C[C@H]3CN4)=NC(OC3CCOCC3)NC2=C1OCc1ccc(/C(C=[NH+][C@H](C(=O)N2CCC[C@H]2C(=O)N[C@@H](CO)c2ccc(-c3cccnn3)cc2)C(C)C)=N/N)cc1. The highest BCUT2D eigenvalue weighted by molar-refractivity contribution is 6.36. The zero-order valence-corrected chi connectivity index (χ0v) is 45.5. The lowest BCUT2D eigenvalue weighted by atomic mass is 9.77. The maximum absolute atomic E-state index is 16.2. The van der Waals surface area contributed by atoms with Gasteiger partial charge in [0.2, 0.25) is 18.3 Å². The smallest absolute Gasteiger partial charge is 0.292 e. The molecule has 3 aromatic carbocycles. The molecule has 19 nitrogen and oxygen atoms in total. The van der Waals surface area contributed by atoms with Crippen molar-refractivity contribution >= 4 is 46.1 Å². The maximum atomic E-state index is 16.2. The molecule has 2 aliphatic carbocycles. The zero-order chi connectivity index (χ0) is 55.0. The molecule has 20 heteroatoms. The Balaban J connectivity index is 0.790. The van der Waals surface area contributed by atoms with Gasteiger partial charge in [0.25, 0.3) is 5.91 Å². The van der Waals surface area contributed by atoms with E-state index in [1.807, 2.05) is 81.4 Å². The minimum atomic E-state index is -0.711. The molecule has 7 heterocycles. The van der Waals surface area contributed by atoms with Crippen LogP contribution in [0.1, 0.15) is 99.1 Å². The van der Waals surface area contributed by atoms with Crippen molar-refractivity contribution in [3.8, 4) is 11.3 Å². The Morgan fingerprint density at radius 2 is 1.89 bits per heavy atom. The fourth-order valence-corrected chi connectivity index (χ4v) is 12.7. The molecule has 2 bridgehead atoms. The number of fused-ring (bicyclic) bond motifs is 4. The van der Waals surface area contributed by atoms with Crippen LogP contribution in [-0.2, 0) is 30.4 Å². The quantitative estimate of drug-likeness (QED) is 0.0391. The summed E-state index contributed by atoms with van der Waals surface area (Å²) in [6, 6.07) is 19.1. The number of rotatable bonds is 17. The highest BCUT2D eigenvalue weighted by atomic mass is 19.1. The molecule has 5 fully saturated rings. The Hall–Kier alpha value is -7.39. The monoisotopic (exact) mass is 1090 g/mol. The van der Waals surface area contributed by atoms with E-state index in [1.54, 1.807) is 23.5 Å². The van der Waals surface area contributed by atoms with Crippen LogP contribution in [0.4, 0.5) is 4.39 Å². The van der Waals surface area contributed by atoms with Gasteiger partial charge in [0.05, 0.1) is 47.8 Å². The number of amidine groups is 1. The first-order valence-electron chi connectivity index (χ1n) is 28.4. The number of aliphatic hydroxyl groups excluding tert-OH is 1. The number of aromatic nitrogens is 4. The first-order chi connectivity index (χ1) is 39.0. The van der Waals surface area contributed by atoms with Gasteiger partial charge in [-0.2, -0.15) is 20.4 Å². The van der Waals surface area contributed by atoms with Crippen molar-refractivity contribution in [3.05, 3.63) is 130 Å². The van der Waals surface area contributed by atoms with E-state index in [-0.39, 0.29) is 48.8 Å². The van der Waals surface area contributed by atoms with Crippen LogP contribution in [0.5, 0.6) is 0 Å². The molecule has 80 heavy (non-hydrogen) atoms. The number of aliphatic hydroxyl groups is 1. The number of amides is 2. The Kier molecular flexibility index (Phi) is 15.3. The minimum absolute atomic E-state index is 0.0268. The number of likely N-dealkylation sites (tertiary alicyclic amines) is 2. The number of allylic oxidation sites excluding steroid dienone is 2. The molecule has 2 amide bonds. The lowest BCUT2D eigenvalue weighted by molar-refractivity contribution is -0.491. The molecule has 418 valence electrons. The van der Waals surface area contributed by atoms with Crippen LogP contribution in [0.2, 0.25) is 0 Å². The van der Waals surface area contributed by atoms with Crippen molar-refractivity contribution in [2.24, 2.45) is 33.7 Å². The lowest BCUT2D eigenvalue weighted by Gasteiger charge is -2.43. The van der Waals surface area contributed by atoms with Crippen LogP contribution in [0.25, 0.3) is 27.7 Å². The number of ether oxygens (including phenoxy) is 3. The summed E-state index contributed by atoms with van der Waals surface area (Å²) < 4.78 is 35.9. The predicted molar refractivity (Wildman–Crippen MR) is 300 cm³/mol. The van der Waals surface area contributed by atoms with Gasteiger partial charge in [0.15, 0.2) is 11.9 Å². The summed E-state index contributed by atoms with van der Waals surface area (Å²) in [6.45, 7) is 9.08. The summed E-state index contributed by atoms with van der Waals surface area (Å²) in [5.74, 6) is 6.93. The number of piperazine rings is 1. The van der Waals surface area contributed by atoms with Gasteiger partial charge in [-0.3, -0.25) is 14.7 Å². The van der Waals surface area contributed by atoms with Crippen LogP contribution >= 0.6 is 0 Å². The third-order valence-electron chi connectivity index (χ3n) is 17.1. The number of aliphatic imine (C=N–C) groups is 1. The number of hydrazone groups is 1. The first kappa shape index (κ1) is 53.3. The van der Waals surface area contributed by atoms with Crippen molar-refractivity contribution in [1.29, 1.82) is 0 Å².